The molecule has 0 aliphatic heterocycles. The van der Waals surface area contributed by atoms with Crippen LogP contribution in [0.2, 0.25) is 0 Å². The molecule has 0 bridgehead atoms. The standard InChI is InChI=1S/C13H21ClFN3O2S.2C2H6/c1-6-8(4)10(9(5)14)11(16)12(13(19)20-21-15)18(17)7(2)3;2*1-2/h6-7H,16-17H2,1-5H3;2*1-2H3/b8-6-,10-9-,12-11-;;. The molecule has 0 fully saturated rings. The van der Waals surface area contributed by atoms with Gasteiger partial charge >= 0.3 is 5.97 Å². The molecule has 0 aliphatic rings. The summed E-state index contributed by atoms with van der Waals surface area (Å²) in [6.07, 6.45) is 1.79. The molecule has 0 spiro atoms. The molecule has 0 atom stereocenters. The number of carbonyl (C=O) groups is 1. The van der Waals surface area contributed by atoms with Gasteiger partial charge in [-0.1, -0.05) is 45.4 Å². The second-order valence-corrected chi connectivity index (χ2v) is 5.44. The van der Waals surface area contributed by atoms with Crippen molar-refractivity contribution in [2.75, 3.05) is 0 Å². The summed E-state index contributed by atoms with van der Waals surface area (Å²) in [5.74, 6) is 4.87. The van der Waals surface area contributed by atoms with Gasteiger partial charge in [0.2, 0.25) is 0 Å². The van der Waals surface area contributed by atoms with Crippen molar-refractivity contribution in [1.29, 1.82) is 0 Å². The summed E-state index contributed by atoms with van der Waals surface area (Å²) < 4.78 is 16.5. The minimum atomic E-state index is -0.976. The van der Waals surface area contributed by atoms with E-state index in [4.69, 9.17) is 23.2 Å². The quantitative estimate of drug-likeness (QED) is 0.207. The van der Waals surface area contributed by atoms with Gasteiger partial charge in [0.1, 0.15) is 0 Å². The molecular formula is C17H33ClFN3O2S. The van der Waals surface area contributed by atoms with Crippen molar-refractivity contribution >= 4 is 30.0 Å². The molecule has 25 heavy (non-hydrogen) atoms. The highest BCUT2D eigenvalue weighted by Gasteiger charge is 2.26. The number of halogens is 2. The highest BCUT2D eigenvalue weighted by molar-refractivity contribution is 7.89. The molecule has 0 rings (SSSR count). The number of hydrazine groups is 1. The zero-order valence-electron chi connectivity index (χ0n) is 16.7. The van der Waals surface area contributed by atoms with E-state index in [2.05, 4.69) is 4.18 Å². The Morgan fingerprint density at radius 1 is 1.24 bits per heavy atom. The predicted molar refractivity (Wildman–Crippen MR) is 108 cm³/mol. The Bertz CT molecular complexity index is 488. The fourth-order valence-corrected chi connectivity index (χ4v) is 2.00. The lowest BCUT2D eigenvalue weighted by atomic mass is 10.0. The Morgan fingerprint density at radius 3 is 1.96 bits per heavy atom. The maximum atomic E-state index is 12.2. The summed E-state index contributed by atoms with van der Waals surface area (Å²) in [5, 5.41) is 1.51. The van der Waals surface area contributed by atoms with Gasteiger partial charge in [-0.25, -0.2) is 10.6 Å². The molecule has 8 heteroatoms. The second-order valence-electron chi connectivity index (χ2n) is 4.58. The molecule has 0 aromatic heterocycles. The van der Waals surface area contributed by atoms with Crippen LogP contribution in [0, 0.1) is 0 Å². The summed E-state index contributed by atoms with van der Waals surface area (Å²) in [6.45, 7) is 16.7. The van der Waals surface area contributed by atoms with Crippen LogP contribution in [-0.4, -0.2) is 17.0 Å². The van der Waals surface area contributed by atoms with Crippen LogP contribution >= 0.6 is 24.0 Å². The fourth-order valence-electron chi connectivity index (χ4n) is 1.61. The molecule has 5 nitrogen and oxygen atoms in total. The predicted octanol–water partition coefficient (Wildman–Crippen LogP) is 5.35. The van der Waals surface area contributed by atoms with E-state index in [0.717, 1.165) is 10.6 Å². The van der Waals surface area contributed by atoms with Crippen LogP contribution in [0.25, 0.3) is 0 Å². The van der Waals surface area contributed by atoms with Crippen LogP contribution in [-0.2, 0) is 8.98 Å². The second kappa shape index (κ2) is 16.3. The van der Waals surface area contributed by atoms with E-state index < -0.39 is 18.4 Å². The van der Waals surface area contributed by atoms with E-state index in [1.807, 2.05) is 27.7 Å². The Morgan fingerprint density at radius 2 is 1.68 bits per heavy atom. The first-order valence-electron chi connectivity index (χ1n) is 8.22. The van der Waals surface area contributed by atoms with E-state index in [1.165, 1.54) is 0 Å². The zero-order valence-corrected chi connectivity index (χ0v) is 18.3. The van der Waals surface area contributed by atoms with Gasteiger partial charge in [-0.15, -0.1) is 3.89 Å². The lowest BCUT2D eigenvalue weighted by Crippen LogP contribution is -2.41. The van der Waals surface area contributed by atoms with Crippen LogP contribution in [0.4, 0.5) is 3.89 Å². The smallest absolute Gasteiger partial charge is 0.372 e. The molecule has 0 saturated heterocycles. The van der Waals surface area contributed by atoms with Crippen molar-refractivity contribution < 1.29 is 12.9 Å². The third kappa shape index (κ3) is 9.77. The van der Waals surface area contributed by atoms with Gasteiger partial charge in [-0.2, -0.15) is 0 Å². The van der Waals surface area contributed by atoms with Gasteiger partial charge < -0.3 is 14.9 Å². The number of hydrogen-bond acceptors (Lipinski definition) is 6. The van der Waals surface area contributed by atoms with Gasteiger partial charge in [0.05, 0.1) is 5.70 Å². The first-order valence-corrected chi connectivity index (χ1v) is 9.24. The Labute approximate surface area is 161 Å². The third-order valence-corrected chi connectivity index (χ3v) is 3.21. The molecule has 0 aliphatic carbocycles. The van der Waals surface area contributed by atoms with E-state index in [9.17, 15) is 8.68 Å². The largest absolute Gasteiger partial charge is 0.396 e. The molecule has 0 unspecified atom stereocenters. The lowest BCUT2D eigenvalue weighted by molar-refractivity contribution is -0.131. The van der Waals surface area contributed by atoms with Crippen molar-refractivity contribution in [2.45, 2.75) is 68.4 Å². The summed E-state index contributed by atoms with van der Waals surface area (Å²) in [4.78, 5) is 11.9. The van der Waals surface area contributed by atoms with Crippen molar-refractivity contribution in [3.8, 4) is 0 Å². The zero-order chi connectivity index (χ0) is 20.7. The maximum absolute atomic E-state index is 12.2. The molecule has 0 aromatic rings. The molecule has 4 N–H and O–H groups in total. The van der Waals surface area contributed by atoms with Crippen molar-refractivity contribution in [1.82, 2.24) is 5.01 Å². The van der Waals surface area contributed by atoms with E-state index in [1.54, 1.807) is 40.7 Å². The van der Waals surface area contributed by atoms with Gasteiger partial charge in [-0.3, -0.25) is 0 Å². The Hall–Kier alpha value is -1.18. The minimum Gasteiger partial charge on any atom is -0.396 e. The first kappa shape index (κ1) is 28.6. The maximum Gasteiger partial charge on any atom is 0.372 e. The molecule has 0 radical (unpaired) electrons. The van der Waals surface area contributed by atoms with Crippen molar-refractivity contribution in [2.24, 2.45) is 11.6 Å². The first-order chi connectivity index (χ1) is 11.7. The lowest BCUT2D eigenvalue weighted by Gasteiger charge is -2.26. The topological polar surface area (TPSA) is 81.6 Å². The van der Waals surface area contributed by atoms with Gasteiger partial charge in [0.25, 0.3) is 12.4 Å². The highest BCUT2D eigenvalue weighted by Crippen LogP contribution is 2.27. The highest BCUT2D eigenvalue weighted by atomic mass is 35.5. The van der Waals surface area contributed by atoms with Gasteiger partial charge in [-0.05, 0) is 40.2 Å². The molecule has 148 valence electrons. The van der Waals surface area contributed by atoms with Gasteiger partial charge in [0.15, 0.2) is 5.70 Å². The number of hydrogen-bond donors (Lipinski definition) is 2. The monoisotopic (exact) mass is 397 g/mol. The average molecular weight is 398 g/mol. The van der Waals surface area contributed by atoms with Crippen LogP contribution in [0.5, 0.6) is 0 Å². The third-order valence-electron chi connectivity index (χ3n) is 2.81. The van der Waals surface area contributed by atoms with Crippen molar-refractivity contribution in [3.63, 3.8) is 0 Å². The SMILES string of the molecule is CC.CC.C\C=C(C)/C(=C(\C)Cl)C(/N)=C(\C(=O)OSF)N(N)C(C)C. The molecule has 0 amide bonds. The Balaban J connectivity index is -0.00000112. The van der Waals surface area contributed by atoms with Crippen LogP contribution in [0.15, 0.2) is 33.6 Å². The van der Waals surface area contributed by atoms with E-state index in [0.29, 0.717) is 10.6 Å². The average Bonchev–Trinajstić information content (AvgIpc) is 2.58. The number of rotatable bonds is 6. The van der Waals surface area contributed by atoms with Crippen LogP contribution in [0.3, 0.4) is 0 Å². The molecule has 0 heterocycles. The summed E-state index contributed by atoms with van der Waals surface area (Å²) in [5.41, 5.74) is 7.16. The number of allylic oxidation sites excluding steroid dienone is 3. The van der Waals surface area contributed by atoms with E-state index in [-0.39, 0.29) is 17.4 Å². The van der Waals surface area contributed by atoms with E-state index >= 15 is 0 Å². The molecule has 0 aromatic carbocycles. The number of carbonyl (C=O) groups excluding carboxylic acids is 1. The fraction of sp³-hybridized carbons (Fsp3) is 0.588. The van der Waals surface area contributed by atoms with Crippen LogP contribution < -0.4 is 11.6 Å². The van der Waals surface area contributed by atoms with Gasteiger partial charge in [0, 0.05) is 16.6 Å². The number of nitrogens with zero attached hydrogens (tertiary/aromatic N) is 1. The van der Waals surface area contributed by atoms with Crippen molar-refractivity contribution in [3.05, 3.63) is 33.6 Å². The molecular weight excluding hydrogens is 365 g/mol. The summed E-state index contributed by atoms with van der Waals surface area (Å²) in [7, 11) is 0. The normalized spacial score (nSPS) is 12.8. The molecule has 0 saturated carbocycles. The minimum absolute atomic E-state index is 0.0355. The summed E-state index contributed by atoms with van der Waals surface area (Å²) >= 11 is 5.49. The number of nitrogens with two attached hydrogens (primary N) is 2. The van der Waals surface area contributed by atoms with Crippen LogP contribution in [0.1, 0.15) is 62.3 Å². The Kier molecular flexibility index (Phi) is 18.7. The summed E-state index contributed by atoms with van der Waals surface area (Å²) in [6, 6.07) is -0.251.